The Bertz CT molecular complexity index is 825. The Morgan fingerprint density at radius 3 is 2.54 bits per heavy atom. The Hall–Kier alpha value is 0.01000. The van der Waals surface area contributed by atoms with Crippen molar-refractivity contribution in [2.45, 2.75) is 69.7 Å². The van der Waals surface area contributed by atoms with Gasteiger partial charge in [0, 0.05) is 18.3 Å². The van der Waals surface area contributed by atoms with Gasteiger partial charge in [0.05, 0.1) is 6.10 Å². The molecule has 1 fully saturated rings. The van der Waals surface area contributed by atoms with Crippen molar-refractivity contribution in [1.29, 1.82) is 0 Å². The quantitative estimate of drug-likeness (QED) is 0.397. The van der Waals surface area contributed by atoms with Crippen LogP contribution in [0.4, 0.5) is 0 Å². The molecule has 1 saturated carbocycles. The summed E-state index contributed by atoms with van der Waals surface area (Å²) in [7, 11) is -4.71. The predicted molar refractivity (Wildman–Crippen MR) is 97.6 cm³/mol. The van der Waals surface area contributed by atoms with Gasteiger partial charge in [0.15, 0.2) is 5.79 Å². The molecule has 26 heavy (non-hydrogen) atoms. The van der Waals surface area contributed by atoms with Crippen LogP contribution < -0.4 is 0 Å². The van der Waals surface area contributed by atoms with Crippen molar-refractivity contribution >= 4 is 40.0 Å². The van der Waals surface area contributed by atoms with Gasteiger partial charge in [0.1, 0.15) is 0 Å². The van der Waals surface area contributed by atoms with Crippen LogP contribution >= 0.6 is 0 Å². The average molecular weight is 392 g/mol. The summed E-state index contributed by atoms with van der Waals surface area (Å²) in [5.41, 5.74) is 4.57. The van der Waals surface area contributed by atoms with E-state index in [4.69, 9.17) is 4.55 Å². The SMILES string of the molecule is C[C@]12CCc3c(ccc4c3CC[C@](O)(OS(=O)(=O)O)C4)C1CC[C@@H]2O.[NaH]. The Kier molecular flexibility index (Phi) is 5.43. The second kappa shape index (κ2) is 6.81. The Morgan fingerprint density at radius 2 is 1.85 bits per heavy atom. The van der Waals surface area contributed by atoms with Gasteiger partial charge >= 0.3 is 40.0 Å². The van der Waals surface area contributed by atoms with Crippen molar-refractivity contribution in [3.05, 3.63) is 34.4 Å². The van der Waals surface area contributed by atoms with E-state index < -0.39 is 16.2 Å². The first-order valence-electron chi connectivity index (χ1n) is 8.83. The summed E-state index contributed by atoms with van der Waals surface area (Å²) in [6, 6.07) is 4.00. The molecule has 0 heterocycles. The molecule has 4 rings (SSSR count). The molecule has 1 unspecified atom stereocenters. The fourth-order valence-corrected chi connectivity index (χ4v) is 5.83. The number of benzene rings is 1. The molecule has 0 radical (unpaired) electrons. The van der Waals surface area contributed by atoms with Crippen molar-refractivity contribution in [2.24, 2.45) is 5.41 Å². The zero-order valence-corrected chi connectivity index (χ0v) is 15.1. The molecular formula is C18H25NaO6S. The molecule has 0 aromatic heterocycles. The van der Waals surface area contributed by atoms with Crippen LogP contribution in [-0.4, -0.2) is 64.6 Å². The zero-order valence-electron chi connectivity index (χ0n) is 14.2. The molecule has 3 N–H and O–H groups in total. The van der Waals surface area contributed by atoms with E-state index in [1.807, 2.05) is 6.07 Å². The number of rotatable bonds is 2. The van der Waals surface area contributed by atoms with Crippen LogP contribution in [0, 0.1) is 5.41 Å². The van der Waals surface area contributed by atoms with E-state index >= 15 is 0 Å². The van der Waals surface area contributed by atoms with Crippen molar-refractivity contribution in [1.82, 2.24) is 0 Å². The van der Waals surface area contributed by atoms with Gasteiger partial charge in [-0.15, -0.1) is 0 Å². The number of fused-ring (bicyclic) bond motifs is 5. The van der Waals surface area contributed by atoms with E-state index in [2.05, 4.69) is 17.2 Å². The van der Waals surface area contributed by atoms with Crippen molar-refractivity contribution < 1.29 is 27.4 Å². The van der Waals surface area contributed by atoms with Gasteiger partial charge in [0.25, 0.3) is 0 Å². The number of aliphatic hydroxyl groups is 2. The summed E-state index contributed by atoms with van der Waals surface area (Å²) in [4.78, 5) is 0. The van der Waals surface area contributed by atoms with Crippen LogP contribution in [0.5, 0.6) is 0 Å². The molecule has 3 aliphatic rings. The predicted octanol–water partition coefficient (Wildman–Crippen LogP) is 1.23. The van der Waals surface area contributed by atoms with Crippen LogP contribution in [0.1, 0.15) is 60.8 Å². The molecule has 1 aromatic rings. The minimum atomic E-state index is -4.71. The second-order valence-electron chi connectivity index (χ2n) is 8.06. The molecule has 1 aromatic carbocycles. The van der Waals surface area contributed by atoms with E-state index in [0.717, 1.165) is 31.2 Å². The Balaban J connectivity index is 0.00000196. The molecular weight excluding hydrogens is 367 g/mol. The van der Waals surface area contributed by atoms with Crippen LogP contribution in [-0.2, 0) is 33.8 Å². The van der Waals surface area contributed by atoms with Gasteiger partial charge in [-0.3, -0.25) is 4.55 Å². The fraction of sp³-hybridized carbons (Fsp3) is 0.667. The van der Waals surface area contributed by atoms with Gasteiger partial charge < -0.3 is 10.2 Å². The summed E-state index contributed by atoms with van der Waals surface area (Å²) in [6.45, 7) is 2.18. The molecule has 0 bridgehead atoms. The van der Waals surface area contributed by atoms with Gasteiger partial charge in [-0.05, 0) is 60.3 Å². The van der Waals surface area contributed by atoms with Crippen molar-refractivity contribution in [3.63, 3.8) is 0 Å². The maximum absolute atomic E-state index is 11.0. The number of hydrogen-bond acceptors (Lipinski definition) is 5. The maximum atomic E-state index is 11.0. The molecule has 6 nitrogen and oxygen atoms in total. The molecule has 0 saturated heterocycles. The third-order valence-electron chi connectivity index (χ3n) is 6.63. The summed E-state index contributed by atoms with van der Waals surface area (Å²) in [5, 5.41) is 20.8. The molecule has 8 heteroatoms. The Morgan fingerprint density at radius 1 is 1.15 bits per heavy atom. The normalized spacial score (nSPS) is 35.8. The Labute approximate surface area is 176 Å². The summed E-state index contributed by atoms with van der Waals surface area (Å²) in [6.07, 6.45) is 4.07. The third-order valence-corrected chi connectivity index (χ3v) is 7.15. The van der Waals surface area contributed by atoms with Crippen molar-refractivity contribution in [3.8, 4) is 0 Å². The monoisotopic (exact) mass is 392 g/mol. The molecule has 0 spiro atoms. The number of aliphatic hydroxyl groups excluding tert-OH is 1. The van der Waals surface area contributed by atoms with E-state index in [1.165, 1.54) is 16.7 Å². The van der Waals surface area contributed by atoms with Gasteiger partial charge in [-0.25, -0.2) is 4.18 Å². The molecule has 140 valence electrons. The van der Waals surface area contributed by atoms with Crippen LogP contribution in [0.3, 0.4) is 0 Å². The van der Waals surface area contributed by atoms with Gasteiger partial charge in [0.2, 0.25) is 0 Å². The standard InChI is InChI=1S/C18H24O6S.Na.H/c1-17-8-6-13-12-7-9-18(20,24-25(21,22)23)10-11(12)2-3-14(13)15(17)4-5-16(17)19;;/h2-3,15-16,19-20H,4-10H2,1H3,(H,21,22,23);;/t15?,16-,17-,18-;;/m0../s1. The summed E-state index contributed by atoms with van der Waals surface area (Å²) >= 11 is 0. The minimum absolute atomic E-state index is 0. The zero-order chi connectivity index (χ0) is 18.0. The molecule has 0 amide bonds. The van der Waals surface area contributed by atoms with Gasteiger partial charge in [-0.2, -0.15) is 8.42 Å². The fourth-order valence-electron chi connectivity index (χ4n) is 5.29. The van der Waals surface area contributed by atoms with E-state index in [9.17, 15) is 18.6 Å². The topological polar surface area (TPSA) is 104 Å². The van der Waals surface area contributed by atoms with E-state index in [-0.39, 0.29) is 53.9 Å². The first kappa shape index (κ1) is 20.7. The van der Waals surface area contributed by atoms with E-state index in [1.54, 1.807) is 0 Å². The van der Waals surface area contributed by atoms with Crippen LogP contribution in [0.15, 0.2) is 12.1 Å². The summed E-state index contributed by atoms with van der Waals surface area (Å²) in [5.74, 6) is -1.53. The van der Waals surface area contributed by atoms with E-state index in [0.29, 0.717) is 12.3 Å². The number of hydrogen-bond donors (Lipinski definition) is 3. The molecule has 4 atom stereocenters. The molecule has 3 aliphatic carbocycles. The van der Waals surface area contributed by atoms with Crippen molar-refractivity contribution in [2.75, 3.05) is 0 Å². The second-order valence-corrected chi connectivity index (χ2v) is 9.08. The first-order chi connectivity index (χ1) is 11.6. The van der Waals surface area contributed by atoms with Gasteiger partial charge in [-0.1, -0.05) is 19.1 Å². The van der Waals surface area contributed by atoms with Crippen LogP contribution in [0.25, 0.3) is 0 Å². The third kappa shape index (κ3) is 3.42. The molecule has 0 aliphatic heterocycles. The first-order valence-corrected chi connectivity index (χ1v) is 10.2. The average Bonchev–Trinajstić information content (AvgIpc) is 2.80. The van der Waals surface area contributed by atoms with Crippen LogP contribution in [0.2, 0.25) is 0 Å². The summed E-state index contributed by atoms with van der Waals surface area (Å²) < 4.78 is 35.4.